The third-order valence-corrected chi connectivity index (χ3v) is 2.87. The summed E-state index contributed by atoms with van der Waals surface area (Å²) in [6, 6.07) is 0. The van der Waals surface area contributed by atoms with Crippen LogP contribution in [0.3, 0.4) is 0 Å². The Hall–Kier alpha value is -0.610. The highest BCUT2D eigenvalue weighted by atomic mass is 16.5. The van der Waals surface area contributed by atoms with E-state index in [4.69, 9.17) is 10.5 Å². The second-order valence-corrected chi connectivity index (χ2v) is 4.17. The molecule has 0 aliphatic heterocycles. The number of rotatable bonds is 6. The molecule has 0 unspecified atom stereocenters. The summed E-state index contributed by atoms with van der Waals surface area (Å²) < 4.78 is 5.54. The van der Waals surface area contributed by atoms with Gasteiger partial charge in [-0.05, 0) is 25.8 Å². The molecule has 0 aromatic heterocycles. The Morgan fingerprint density at radius 2 is 2.13 bits per heavy atom. The number of amides is 1. The molecular weight excluding hydrogens is 192 g/mol. The Morgan fingerprint density at radius 1 is 1.47 bits per heavy atom. The first-order chi connectivity index (χ1) is 7.24. The minimum Gasteiger partial charge on any atom is -0.368 e. The number of nitrogens with zero attached hydrogens (tertiary/aromatic N) is 1. The van der Waals surface area contributed by atoms with E-state index in [1.807, 2.05) is 0 Å². The number of likely N-dealkylation sites (N-methyl/N-ethyl adjacent to an activating group) is 1. The molecule has 1 amide bonds. The van der Waals surface area contributed by atoms with Crippen molar-refractivity contribution < 1.29 is 9.53 Å². The van der Waals surface area contributed by atoms with E-state index >= 15 is 0 Å². The Morgan fingerprint density at radius 3 is 2.73 bits per heavy atom. The van der Waals surface area contributed by atoms with Crippen LogP contribution < -0.4 is 5.73 Å². The highest BCUT2D eigenvalue weighted by molar-refractivity contribution is 5.77. The summed E-state index contributed by atoms with van der Waals surface area (Å²) in [7, 11) is 1.80. The Kier molecular flexibility index (Phi) is 5.65. The van der Waals surface area contributed by atoms with Gasteiger partial charge in [-0.25, -0.2) is 0 Å². The Labute approximate surface area is 91.8 Å². The molecule has 2 N–H and O–H groups in total. The molecule has 4 heteroatoms. The number of carbonyl (C=O) groups excluding carboxylic acids is 1. The lowest BCUT2D eigenvalue weighted by atomic mass is 10.3. The number of hydrogen-bond donors (Lipinski definition) is 1. The van der Waals surface area contributed by atoms with Gasteiger partial charge in [0.05, 0.1) is 6.10 Å². The van der Waals surface area contributed by atoms with Gasteiger partial charge in [-0.1, -0.05) is 12.8 Å². The van der Waals surface area contributed by atoms with E-state index in [1.165, 1.54) is 12.8 Å². The molecule has 88 valence electrons. The van der Waals surface area contributed by atoms with E-state index < -0.39 is 0 Å². The van der Waals surface area contributed by atoms with Gasteiger partial charge in [0.2, 0.25) is 5.91 Å². The molecule has 15 heavy (non-hydrogen) atoms. The molecule has 0 saturated heterocycles. The van der Waals surface area contributed by atoms with Gasteiger partial charge in [-0.3, -0.25) is 4.79 Å². The zero-order chi connectivity index (χ0) is 11.1. The predicted octanol–water partition coefficient (Wildman–Crippen LogP) is 0.753. The van der Waals surface area contributed by atoms with Crippen LogP contribution in [0.4, 0.5) is 0 Å². The van der Waals surface area contributed by atoms with Crippen LogP contribution in [0.25, 0.3) is 0 Å². The van der Waals surface area contributed by atoms with Crippen molar-refractivity contribution in [3.05, 3.63) is 0 Å². The molecule has 1 saturated carbocycles. The Bertz CT molecular complexity index is 191. The molecule has 0 bridgehead atoms. The molecule has 1 rings (SSSR count). The smallest absolute Gasteiger partial charge is 0.248 e. The van der Waals surface area contributed by atoms with Gasteiger partial charge in [-0.2, -0.15) is 0 Å². The van der Waals surface area contributed by atoms with Gasteiger partial charge in [-0.15, -0.1) is 0 Å². The normalized spacial score (nSPS) is 16.9. The van der Waals surface area contributed by atoms with Crippen molar-refractivity contribution >= 4 is 5.91 Å². The van der Waals surface area contributed by atoms with Crippen LogP contribution in [0.5, 0.6) is 0 Å². The van der Waals surface area contributed by atoms with E-state index in [1.54, 1.807) is 11.9 Å². The molecule has 0 aromatic carbocycles. The summed E-state index contributed by atoms with van der Waals surface area (Å²) in [4.78, 5) is 13.3. The fourth-order valence-corrected chi connectivity index (χ4v) is 1.81. The summed E-state index contributed by atoms with van der Waals surface area (Å²) in [5.41, 5.74) is 5.38. The third-order valence-electron chi connectivity index (χ3n) is 2.87. The maximum atomic E-state index is 11.6. The van der Waals surface area contributed by atoms with Crippen LogP contribution in [-0.2, 0) is 9.53 Å². The molecular formula is C11H22N2O2. The fraction of sp³-hybridized carbons (Fsp3) is 0.909. The number of ether oxygens (including phenoxy) is 1. The van der Waals surface area contributed by atoms with Crippen LogP contribution in [0.1, 0.15) is 32.1 Å². The lowest BCUT2D eigenvalue weighted by molar-refractivity contribution is -0.136. The third kappa shape index (κ3) is 4.62. The van der Waals surface area contributed by atoms with Crippen molar-refractivity contribution in [3.63, 3.8) is 0 Å². The molecule has 0 spiro atoms. The van der Waals surface area contributed by atoms with E-state index in [0.717, 1.165) is 25.8 Å². The van der Waals surface area contributed by atoms with Gasteiger partial charge < -0.3 is 15.4 Å². The SMILES string of the molecule is CN(CCCN)C(=O)COC1CCCC1. The molecule has 0 atom stereocenters. The number of carbonyl (C=O) groups is 1. The average molecular weight is 214 g/mol. The molecule has 0 radical (unpaired) electrons. The van der Waals surface area contributed by atoms with Crippen molar-refractivity contribution in [1.82, 2.24) is 4.90 Å². The van der Waals surface area contributed by atoms with Crippen molar-refractivity contribution in [1.29, 1.82) is 0 Å². The first-order valence-electron chi connectivity index (χ1n) is 5.79. The number of hydrogen-bond acceptors (Lipinski definition) is 3. The minimum absolute atomic E-state index is 0.0651. The summed E-state index contributed by atoms with van der Waals surface area (Å²) in [5, 5.41) is 0. The van der Waals surface area contributed by atoms with E-state index in [9.17, 15) is 4.79 Å². The standard InChI is InChI=1S/C11H22N2O2/c1-13(8-4-7-12)11(14)9-15-10-5-2-3-6-10/h10H,2-9,12H2,1H3. The van der Waals surface area contributed by atoms with Crippen molar-refractivity contribution in [2.45, 2.75) is 38.2 Å². The lowest BCUT2D eigenvalue weighted by Crippen LogP contribution is -2.33. The largest absolute Gasteiger partial charge is 0.368 e. The van der Waals surface area contributed by atoms with Crippen LogP contribution >= 0.6 is 0 Å². The molecule has 1 aliphatic carbocycles. The van der Waals surface area contributed by atoms with Crippen molar-refractivity contribution in [2.24, 2.45) is 5.73 Å². The zero-order valence-electron chi connectivity index (χ0n) is 9.58. The van der Waals surface area contributed by atoms with Gasteiger partial charge in [0.1, 0.15) is 6.61 Å². The van der Waals surface area contributed by atoms with Crippen LogP contribution in [0.2, 0.25) is 0 Å². The highest BCUT2D eigenvalue weighted by Gasteiger charge is 2.17. The monoisotopic (exact) mass is 214 g/mol. The summed E-state index contributed by atoms with van der Waals surface area (Å²) >= 11 is 0. The maximum absolute atomic E-state index is 11.6. The molecule has 1 fully saturated rings. The van der Waals surface area contributed by atoms with Crippen molar-refractivity contribution in [2.75, 3.05) is 26.7 Å². The highest BCUT2D eigenvalue weighted by Crippen LogP contribution is 2.20. The van der Waals surface area contributed by atoms with Gasteiger partial charge >= 0.3 is 0 Å². The molecule has 0 heterocycles. The zero-order valence-corrected chi connectivity index (χ0v) is 9.58. The topological polar surface area (TPSA) is 55.6 Å². The Balaban J connectivity index is 2.11. The van der Waals surface area contributed by atoms with E-state index in [2.05, 4.69) is 0 Å². The second-order valence-electron chi connectivity index (χ2n) is 4.17. The lowest BCUT2D eigenvalue weighted by Gasteiger charge is -2.18. The predicted molar refractivity (Wildman–Crippen MR) is 59.5 cm³/mol. The fourth-order valence-electron chi connectivity index (χ4n) is 1.81. The minimum atomic E-state index is 0.0651. The first kappa shape index (κ1) is 12.5. The quantitative estimate of drug-likeness (QED) is 0.710. The van der Waals surface area contributed by atoms with Crippen LogP contribution in [0, 0.1) is 0 Å². The molecule has 0 aromatic rings. The maximum Gasteiger partial charge on any atom is 0.248 e. The van der Waals surface area contributed by atoms with E-state index in [-0.39, 0.29) is 12.5 Å². The van der Waals surface area contributed by atoms with Crippen LogP contribution in [0.15, 0.2) is 0 Å². The average Bonchev–Trinajstić information content (AvgIpc) is 2.75. The molecule has 1 aliphatic rings. The van der Waals surface area contributed by atoms with Crippen molar-refractivity contribution in [3.8, 4) is 0 Å². The summed E-state index contributed by atoms with van der Waals surface area (Å²) in [5.74, 6) is 0.0651. The van der Waals surface area contributed by atoms with E-state index in [0.29, 0.717) is 12.6 Å². The summed E-state index contributed by atoms with van der Waals surface area (Å²) in [6.45, 7) is 1.58. The van der Waals surface area contributed by atoms with Gasteiger partial charge in [0.15, 0.2) is 0 Å². The first-order valence-corrected chi connectivity index (χ1v) is 5.79. The van der Waals surface area contributed by atoms with Gasteiger partial charge in [0.25, 0.3) is 0 Å². The van der Waals surface area contributed by atoms with Gasteiger partial charge in [0, 0.05) is 13.6 Å². The van der Waals surface area contributed by atoms with Crippen LogP contribution in [-0.4, -0.2) is 43.7 Å². The second kappa shape index (κ2) is 6.80. The summed E-state index contributed by atoms with van der Waals surface area (Å²) in [6.07, 6.45) is 5.87. The molecule has 4 nitrogen and oxygen atoms in total. The number of nitrogens with two attached hydrogens (primary N) is 1.